The number of rotatable bonds is 8. The maximum atomic E-state index is 12.0. The first-order chi connectivity index (χ1) is 13.2. The van der Waals surface area contributed by atoms with Crippen LogP contribution in [0.3, 0.4) is 0 Å². The molecule has 0 radical (unpaired) electrons. The molecular weight excluding hydrogens is 362 g/mol. The number of nitrogens with zero attached hydrogens (tertiary/aromatic N) is 2. The minimum Gasteiger partial charge on any atom is -0.356 e. The highest BCUT2D eigenvalue weighted by Crippen LogP contribution is 2.10. The van der Waals surface area contributed by atoms with Gasteiger partial charge in [0.1, 0.15) is 0 Å². The molecular formula is C20H32ClN5O. The molecule has 1 aliphatic heterocycles. The zero-order valence-corrected chi connectivity index (χ0v) is 17.0. The highest BCUT2D eigenvalue weighted by atomic mass is 35.5. The first-order valence-electron chi connectivity index (χ1n) is 9.89. The Morgan fingerprint density at radius 1 is 1.00 bits per heavy atom. The van der Waals surface area contributed by atoms with Gasteiger partial charge in [-0.2, -0.15) is 0 Å². The number of hydrogen-bond acceptors (Lipinski definition) is 3. The number of benzene rings is 1. The molecule has 1 amide bonds. The molecule has 2 rings (SSSR count). The summed E-state index contributed by atoms with van der Waals surface area (Å²) in [5, 5.41) is 10.1. The smallest absolute Gasteiger partial charge is 0.251 e. The number of hydrogen-bond donors (Lipinski definition) is 3. The van der Waals surface area contributed by atoms with Crippen LogP contribution < -0.4 is 16.0 Å². The number of carbonyl (C=O) groups is 1. The van der Waals surface area contributed by atoms with E-state index in [1.165, 1.54) is 38.8 Å². The second-order valence-electron chi connectivity index (χ2n) is 6.80. The van der Waals surface area contributed by atoms with Crippen LogP contribution in [0.25, 0.3) is 0 Å². The maximum absolute atomic E-state index is 12.0. The minimum atomic E-state index is -0.103. The molecule has 0 spiro atoms. The molecule has 6 nitrogen and oxygen atoms in total. The SMILES string of the molecule is CN=C(NCCCN1CCCCCC1)NCCNC(=O)c1ccc(Cl)cc1. The van der Waals surface area contributed by atoms with Gasteiger partial charge in [-0.05, 0) is 63.2 Å². The van der Waals surface area contributed by atoms with E-state index >= 15 is 0 Å². The van der Waals surface area contributed by atoms with Crippen LogP contribution in [0.1, 0.15) is 42.5 Å². The van der Waals surface area contributed by atoms with Crippen LogP contribution in [0.2, 0.25) is 5.02 Å². The van der Waals surface area contributed by atoms with Crippen LogP contribution in [0, 0.1) is 0 Å². The topological polar surface area (TPSA) is 68.8 Å². The van der Waals surface area contributed by atoms with E-state index in [1.54, 1.807) is 31.3 Å². The van der Waals surface area contributed by atoms with Gasteiger partial charge in [0.2, 0.25) is 0 Å². The molecule has 1 heterocycles. The molecule has 1 aromatic rings. The monoisotopic (exact) mass is 393 g/mol. The molecule has 1 saturated heterocycles. The minimum absolute atomic E-state index is 0.103. The van der Waals surface area contributed by atoms with Crippen LogP contribution in [0.5, 0.6) is 0 Å². The van der Waals surface area contributed by atoms with Crippen LogP contribution in [-0.2, 0) is 0 Å². The van der Waals surface area contributed by atoms with E-state index in [9.17, 15) is 4.79 Å². The van der Waals surface area contributed by atoms with Crippen molar-refractivity contribution in [2.75, 3.05) is 46.3 Å². The predicted molar refractivity (Wildman–Crippen MR) is 113 cm³/mol. The van der Waals surface area contributed by atoms with Gasteiger partial charge in [-0.3, -0.25) is 9.79 Å². The second kappa shape index (κ2) is 12.6. The number of nitrogens with one attached hydrogen (secondary N) is 3. The van der Waals surface area contributed by atoms with E-state index < -0.39 is 0 Å². The number of amides is 1. The van der Waals surface area contributed by atoms with Gasteiger partial charge in [0.25, 0.3) is 5.91 Å². The van der Waals surface area contributed by atoms with Crippen molar-refractivity contribution >= 4 is 23.5 Å². The zero-order chi connectivity index (χ0) is 19.3. The van der Waals surface area contributed by atoms with E-state index in [4.69, 9.17) is 11.6 Å². The van der Waals surface area contributed by atoms with Crippen molar-refractivity contribution in [3.05, 3.63) is 34.9 Å². The van der Waals surface area contributed by atoms with Crippen molar-refractivity contribution < 1.29 is 4.79 Å². The number of guanidine groups is 1. The molecule has 1 aliphatic rings. The van der Waals surface area contributed by atoms with Crippen molar-refractivity contribution in [3.63, 3.8) is 0 Å². The molecule has 1 fully saturated rings. The highest BCUT2D eigenvalue weighted by Gasteiger charge is 2.08. The number of likely N-dealkylation sites (tertiary alicyclic amines) is 1. The Labute approximate surface area is 167 Å². The Balaban J connectivity index is 1.55. The summed E-state index contributed by atoms with van der Waals surface area (Å²) in [6, 6.07) is 6.87. The molecule has 0 saturated carbocycles. The third-order valence-corrected chi connectivity index (χ3v) is 4.93. The van der Waals surface area contributed by atoms with Gasteiger partial charge in [0.15, 0.2) is 5.96 Å². The molecule has 0 bridgehead atoms. The number of carbonyl (C=O) groups excluding carboxylic acids is 1. The van der Waals surface area contributed by atoms with Crippen molar-refractivity contribution in [1.29, 1.82) is 0 Å². The average Bonchev–Trinajstić information content (AvgIpc) is 2.96. The van der Waals surface area contributed by atoms with Gasteiger partial charge in [0, 0.05) is 37.3 Å². The number of halogens is 1. The van der Waals surface area contributed by atoms with Gasteiger partial charge in [-0.25, -0.2) is 0 Å². The van der Waals surface area contributed by atoms with E-state index in [0.717, 1.165) is 25.5 Å². The molecule has 27 heavy (non-hydrogen) atoms. The first kappa shape index (κ1) is 21.5. The highest BCUT2D eigenvalue weighted by molar-refractivity contribution is 6.30. The van der Waals surface area contributed by atoms with Crippen LogP contribution in [0.4, 0.5) is 0 Å². The van der Waals surface area contributed by atoms with Crippen LogP contribution in [0.15, 0.2) is 29.3 Å². The summed E-state index contributed by atoms with van der Waals surface area (Å²) in [6.45, 7) is 5.65. The fourth-order valence-corrected chi connectivity index (χ4v) is 3.28. The second-order valence-corrected chi connectivity index (χ2v) is 7.23. The van der Waals surface area contributed by atoms with Crippen LogP contribution in [-0.4, -0.2) is 63.1 Å². The normalized spacial score (nSPS) is 15.9. The fourth-order valence-electron chi connectivity index (χ4n) is 3.15. The van der Waals surface area contributed by atoms with Gasteiger partial charge in [0.05, 0.1) is 0 Å². The third kappa shape index (κ3) is 8.63. The van der Waals surface area contributed by atoms with Gasteiger partial charge in [-0.1, -0.05) is 24.4 Å². The van der Waals surface area contributed by atoms with Gasteiger partial charge < -0.3 is 20.9 Å². The van der Waals surface area contributed by atoms with E-state index in [0.29, 0.717) is 23.7 Å². The van der Waals surface area contributed by atoms with Crippen molar-refractivity contribution in [1.82, 2.24) is 20.9 Å². The molecule has 1 aromatic carbocycles. The fraction of sp³-hybridized carbons (Fsp3) is 0.600. The van der Waals surface area contributed by atoms with E-state index in [-0.39, 0.29) is 5.91 Å². The molecule has 150 valence electrons. The lowest BCUT2D eigenvalue weighted by molar-refractivity contribution is 0.0954. The zero-order valence-electron chi connectivity index (χ0n) is 16.3. The standard InChI is InChI=1S/C20H32ClN5O/c1-22-20(24-11-6-16-26-14-4-2-3-5-15-26)25-13-12-23-19(27)17-7-9-18(21)10-8-17/h7-10H,2-6,11-16H2,1H3,(H,23,27)(H2,22,24,25). The molecule has 7 heteroatoms. The molecule has 0 aliphatic carbocycles. The van der Waals surface area contributed by atoms with E-state index in [2.05, 4.69) is 25.8 Å². The average molecular weight is 394 g/mol. The van der Waals surface area contributed by atoms with Gasteiger partial charge >= 0.3 is 0 Å². The molecule has 0 aromatic heterocycles. The Hall–Kier alpha value is -1.79. The van der Waals surface area contributed by atoms with Crippen molar-refractivity contribution in [2.24, 2.45) is 4.99 Å². The first-order valence-corrected chi connectivity index (χ1v) is 10.3. The summed E-state index contributed by atoms with van der Waals surface area (Å²) in [5.41, 5.74) is 0.607. The molecule has 0 unspecified atom stereocenters. The Morgan fingerprint density at radius 2 is 1.63 bits per heavy atom. The summed E-state index contributed by atoms with van der Waals surface area (Å²) in [6.07, 6.45) is 6.52. The summed E-state index contributed by atoms with van der Waals surface area (Å²) in [5.74, 6) is 0.667. The van der Waals surface area contributed by atoms with Crippen molar-refractivity contribution in [3.8, 4) is 0 Å². The van der Waals surface area contributed by atoms with Crippen LogP contribution >= 0.6 is 11.6 Å². The quantitative estimate of drug-likeness (QED) is 0.360. The summed E-state index contributed by atoms with van der Waals surface area (Å²) < 4.78 is 0. The Kier molecular flexibility index (Phi) is 10.0. The lowest BCUT2D eigenvalue weighted by Crippen LogP contribution is -2.42. The molecule has 0 atom stereocenters. The predicted octanol–water partition coefficient (Wildman–Crippen LogP) is 2.50. The third-order valence-electron chi connectivity index (χ3n) is 4.68. The lowest BCUT2D eigenvalue weighted by Gasteiger charge is -2.20. The lowest BCUT2D eigenvalue weighted by atomic mass is 10.2. The van der Waals surface area contributed by atoms with Crippen molar-refractivity contribution in [2.45, 2.75) is 32.1 Å². The molecule has 3 N–H and O–H groups in total. The Morgan fingerprint density at radius 3 is 2.30 bits per heavy atom. The largest absolute Gasteiger partial charge is 0.356 e. The summed E-state index contributed by atoms with van der Waals surface area (Å²) >= 11 is 5.83. The summed E-state index contributed by atoms with van der Waals surface area (Å²) in [4.78, 5) is 18.8. The maximum Gasteiger partial charge on any atom is 0.251 e. The summed E-state index contributed by atoms with van der Waals surface area (Å²) in [7, 11) is 1.76. The number of aliphatic imine (C=N–C) groups is 1. The van der Waals surface area contributed by atoms with Gasteiger partial charge in [-0.15, -0.1) is 0 Å². The van der Waals surface area contributed by atoms with E-state index in [1.807, 2.05) is 0 Å². The Bertz CT molecular complexity index is 583.